The second kappa shape index (κ2) is 7.14. The van der Waals surface area contributed by atoms with Crippen LogP contribution in [0.2, 0.25) is 0 Å². The predicted octanol–water partition coefficient (Wildman–Crippen LogP) is 3.36. The lowest BCUT2D eigenvalue weighted by Gasteiger charge is -2.19. The molecule has 0 radical (unpaired) electrons. The van der Waals surface area contributed by atoms with Gasteiger partial charge >= 0.3 is 5.97 Å². The summed E-state index contributed by atoms with van der Waals surface area (Å²) in [6, 6.07) is 7.11. The van der Waals surface area contributed by atoms with Gasteiger partial charge in [-0.05, 0) is 56.5 Å². The Balaban J connectivity index is 1.75. The van der Waals surface area contributed by atoms with Gasteiger partial charge in [0, 0.05) is 13.1 Å². The van der Waals surface area contributed by atoms with Gasteiger partial charge in [-0.2, -0.15) is 0 Å². The first-order valence-corrected chi connectivity index (χ1v) is 8.02. The van der Waals surface area contributed by atoms with Crippen molar-refractivity contribution in [3.63, 3.8) is 0 Å². The lowest BCUT2D eigenvalue weighted by Crippen LogP contribution is -2.27. The second-order valence-corrected chi connectivity index (χ2v) is 7.02. The lowest BCUT2D eigenvalue weighted by molar-refractivity contribution is 0.0469. The van der Waals surface area contributed by atoms with E-state index in [0.29, 0.717) is 17.6 Å². The summed E-state index contributed by atoms with van der Waals surface area (Å²) in [6.45, 7) is 11.9. The zero-order valence-electron chi connectivity index (χ0n) is 14.1. The highest BCUT2D eigenvalue weighted by Crippen LogP contribution is 2.28. The molecule has 122 valence electrons. The Kier molecular flexibility index (Phi) is 5.46. The van der Waals surface area contributed by atoms with Gasteiger partial charge in [-0.3, -0.25) is 4.90 Å². The number of hydrogen-bond donors (Lipinski definition) is 0. The number of carbonyl (C=O) groups is 1. The van der Waals surface area contributed by atoms with Crippen LogP contribution in [0.15, 0.2) is 24.3 Å². The van der Waals surface area contributed by atoms with Crippen molar-refractivity contribution in [3.05, 3.63) is 29.8 Å². The van der Waals surface area contributed by atoms with E-state index in [1.807, 2.05) is 13.8 Å². The number of likely N-dealkylation sites (tertiary alicyclic amines) is 1. The Morgan fingerprint density at radius 2 is 1.95 bits per heavy atom. The Morgan fingerprint density at radius 3 is 2.50 bits per heavy atom. The lowest BCUT2D eigenvalue weighted by atomic mass is 9.93. The second-order valence-electron chi connectivity index (χ2n) is 7.02. The van der Waals surface area contributed by atoms with Crippen LogP contribution in [-0.2, 0) is 4.74 Å². The summed E-state index contributed by atoms with van der Waals surface area (Å²) in [4.78, 5) is 14.4. The van der Waals surface area contributed by atoms with Crippen LogP contribution >= 0.6 is 0 Å². The molecule has 1 aliphatic heterocycles. The first kappa shape index (κ1) is 16.8. The summed E-state index contributed by atoms with van der Waals surface area (Å²) in [6.07, 6.45) is 1.33. The molecule has 0 aromatic heterocycles. The molecule has 0 aliphatic carbocycles. The molecule has 1 fully saturated rings. The quantitative estimate of drug-likeness (QED) is 0.755. The molecule has 0 saturated carbocycles. The van der Waals surface area contributed by atoms with Crippen LogP contribution in [0, 0.1) is 5.41 Å². The van der Waals surface area contributed by atoms with Gasteiger partial charge in [0.05, 0.1) is 11.7 Å². The number of hydrogen-bond acceptors (Lipinski definition) is 4. The summed E-state index contributed by atoms with van der Waals surface area (Å²) >= 11 is 0. The number of ether oxygens (including phenoxy) is 2. The maximum atomic E-state index is 12.0. The highest BCUT2D eigenvalue weighted by atomic mass is 16.5. The summed E-state index contributed by atoms with van der Waals surface area (Å²) in [5.74, 6) is 0.500. The number of esters is 1. The molecular weight excluding hydrogens is 278 g/mol. The van der Waals surface area contributed by atoms with E-state index in [2.05, 4.69) is 18.7 Å². The average molecular weight is 305 g/mol. The van der Waals surface area contributed by atoms with E-state index in [0.717, 1.165) is 25.4 Å². The molecule has 0 spiro atoms. The van der Waals surface area contributed by atoms with E-state index in [1.54, 1.807) is 24.3 Å². The molecule has 1 heterocycles. The Bertz CT molecular complexity index is 494. The predicted molar refractivity (Wildman–Crippen MR) is 87.3 cm³/mol. The zero-order valence-corrected chi connectivity index (χ0v) is 14.1. The van der Waals surface area contributed by atoms with Crippen LogP contribution < -0.4 is 4.74 Å². The summed E-state index contributed by atoms with van der Waals surface area (Å²) in [5, 5.41) is 0. The summed E-state index contributed by atoms with van der Waals surface area (Å²) < 4.78 is 10.9. The van der Waals surface area contributed by atoms with Crippen LogP contribution in [0.5, 0.6) is 5.75 Å². The topological polar surface area (TPSA) is 38.8 Å². The Hall–Kier alpha value is -1.55. The van der Waals surface area contributed by atoms with Crippen LogP contribution in [0.3, 0.4) is 0 Å². The molecule has 4 heteroatoms. The third-order valence-corrected chi connectivity index (χ3v) is 3.86. The van der Waals surface area contributed by atoms with Crippen molar-refractivity contribution in [2.75, 3.05) is 26.2 Å². The minimum atomic E-state index is -0.269. The van der Waals surface area contributed by atoms with Crippen molar-refractivity contribution >= 4 is 5.97 Å². The van der Waals surface area contributed by atoms with Gasteiger partial charge in [0.1, 0.15) is 12.4 Å². The van der Waals surface area contributed by atoms with E-state index in [9.17, 15) is 4.79 Å². The molecule has 22 heavy (non-hydrogen) atoms. The number of rotatable bonds is 6. The van der Waals surface area contributed by atoms with Crippen molar-refractivity contribution in [2.45, 2.75) is 40.2 Å². The minimum Gasteiger partial charge on any atom is -0.491 e. The van der Waals surface area contributed by atoms with Crippen LogP contribution in [0.1, 0.15) is 44.5 Å². The van der Waals surface area contributed by atoms with Gasteiger partial charge in [0.25, 0.3) is 0 Å². The molecule has 1 aliphatic rings. The Morgan fingerprint density at radius 1 is 1.27 bits per heavy atom. The van der Waals surface area contributed by atoms with Gasteiger partial charge in [0.2, 0.25) is 0 Å². The smallest absolute Gasteiger partial charge is 0.338 e. The third-order valence-electron chi connectivity index (χ3n) is 3.86. The average Bonchev–Trinajstić information content (AvgIpc) is 2.78. The third kappa shape index (κ3) is 5.02. The van der Waals surface area contributed by atoms with E-state index < -0.39 is 0 Å². The monoisotopic (exact) mass is 305 g/mol. The van der Waals surface area contributed by atoms with Crippen molar-refractivity contribution in [1.82, 2.24) is 4.90 Å². The first-order valence-electron chi connectivity index (χ1n) is 8.02. The maximum absolute atomic E-state index is 12.0. The van der Waals surface area contributed by atoms with E-state index >= 15 is 0 Å². The molecule has 1 aromatic rings. The number of carbonyl (C=O) groups excluding carboxylic acids is 1. The SMILES string of the molecule is CC(C)Oc1ccc(C(=O)OCCN2CCC(C)(C)C2)cc1. The van der Waals surface area contributed by atoms with Gasteiger partial charge < -0.3 is 9.47 Å². The van der Waals surface area contributed by atoms with Crippen molar-refractivity contribution < 1.29 is 14.3 Å². The number of benzene rings is 1. The summed E-state index contributed by atoms with van der Waals surface area (Å²) in [7, 11) is 0. The molecule has 4 nitrogen and oxygen atoms in total. The summed E-state index contributed by atoms with van der Waals surface area (Å²) in [5.41, 5.74) is 0.953. The van der Waals surface area contributed by atoms with Crippen molar-refractivity contribution in [3.8, 4) is 5.75 Å². The largest absolute Gasteiger partial charge is 0.491 e. The fourth-order valence-corrected chi connectivity index (χ4v) is 2.71. The van der Waals surface area contributed by atoms with Gasteiger partial charge in [-0.15, -0.1) is 0 Å². The number of nitrogens with zero attached hydrogens (tertiary/aromatic N) is 1. The van der Waals surface area contributed by atoms with Crippen molar-refractivity contribution in [1.29, 1.82) is 0 Å². The first-order chi connectivity index (χ1) is 10.4. The maximum Gasteiger partial charge on any atom is 0.338 e. The molecule has 2 rings (SSSR count). The molecule has 0 bridgehead atoms. The van der Waals surface area contributed by atoms with Crippen molar-refractivity contribution in [2.24, 2.45) is 5.41 Å². The highest BCUT2D eigenvalue weighted by molar-refractivity contribution is 5.89. The fraction of sp³-hybridized carbons (Fsp3) is 0.611. The normalized spacial score (nSPS) is 17.7. The molecule has 0 unspecified atom stereocenters. The minimum absolute atomic E-state index is 0.127. The van der Waals surface area contributed by atoms with Crippen LogP contribution in [-0.4, -0.2) is 43.2 Å². The van der Waals surface area contributed by atoms with E-state index in [1.165, 1.54) is 6.42 Å². The molecule has 0 amide bonds. The van der Waals surface area contributed by atoms with Crippen LogP contribution in [0.4, 0.5) is 0 Å². The van der Waals surface area contributed by atoms with Crippen LogP contribution in [0.25, 0.3) is 0 Å². The zero-order chi connectivity index (χ0) is 16.2. The molecular formula is C18H27NO3. The van der Waals surface area contributed by atoms with E-state index in [4.69, 9.17) is 9.47 Å². The van der Waals surface area contributed by atoms with Gasteiger partial charge in [-0.1, -0.05) is 13.8 Å². The van der Waals surface area contributed by atoms with Gasteiger partial charge in [-0.25, -0.2) is 4.79 Å². The highest BCUT2D eigenvalue weighted by Gasteiger charge is 2.28. The molecule has 1 saturated heterocycles. The standard InChI is InChI=1S/C18H27NO3/c1-14(2)22-16-7-5-15(6-8-16)17(20)21-12-11-19-10-9-18(3,4)13-19/h5-8,14H,9-13H2,1-4H3. The Labute approximate surface area is 133 Å². The molecule has 0 atom stereocenters. The van der Waals surface area contributed by atoms with E-state index in [-0.39, 0.29) is 12.1 Å². The molecule has 1 aromatic carbocycles. The fourth-order valence-electron chi connectivity index (χ4n) is 2.71. The van der Waals surface area contributed by atoms with Gasteiger partial charge in [0.15, 0.2) is 0 Å². The molecule has 0 N–H and O–H groups in total.